The summed E-state index contributed by atoms with van der Waals surface area (Å²) in [6.45, 7) is 5.33. The summed E-state index contributed by atoms with van der Waals surface area (Å²) in [4.78, 5) is 4.71. The molecule has 2 aromatic rings. The molecule has 0 saturated carbocycles. The third kappa shape index (κ3) is 1.57. The molecule has 1 aliphatic heterocycles. The van der Waals surface area contributed by atoms with Gasteiger partial charge in [0, 0.05) is 0 Å². The van der Waals surface area contributed by atoms with Crippen LogP contribution in [0.25, 0.3) is 11.1 Å². The monoisotopic (exact) mass is 230 g/mol. The second-order valence-electron chi connectivity index (χ2n) is 4.91. The van der Waals surface area contributed by atoms with Crippen LogP contribution in [0.5, 0.6) is 0 Å². The van der Waals surface area contributed by atoms with Crippen molar-refractivity contribution in [2.45, 2.75) is 38.6 Å². The molecule has 1 aliphatic rings. The van der Waals surface area contributed by atoms with Crippen LogP contribution in [0, 0.1) is 6.92 Å². The SMILES string of the molecule is CCC1(c2nc3c(C)cccc3o2)CCCN1. The summed E-state index contributed by atoms with van der Waals surface area (Å²) in [5, 5.41) is 3.56. The maximum Gasteiger partial charge on any atom is 0.215 e. The molecule has 2 heterocycles. The van der Waals surface area contributed by atoms with Crippen LogP contribution in [0.2, 0.25) is 0 Å². The number of para-hydroxylation sites is 1. The molecule has 0 amide bonds. The van der Waals surface area contributed by atoms with Gasteiger partial charge in [0.15, 0.2) is 5.58 Å². The molecular weight excluding hydrogens is 212 g/mol. The van der Waals surface area contributed by atoms with E-state index in [1.54, 1.807) is 0 Å². The first kappa shape index (κ1) is 10.8. The second kappa shape index (κ2) is 3.84. The Hall–Kier alpha value is -1.35. The smallest absolute Gasteiger partial charge is 0.215 e. The summed E-state index contributed by atoms with van der Waals surface area (Å²) in [5.74, 6) is 0.863. The minimum absolute atomic E-state index is 0.0363. The van der Waals surface area contributed by atoms with E-state index in [1.165, 1.54) is 12.0 Å². The molecule has 1 aromatic carbocycles. The molecule has 1 unspecified atom stereocenters. The molecule has 1 saturated heterocycles. The standard InChI is InChI=1S/C14H18N2O/c1-3-14(8-5-9-15-14)13-16-12-10(2)6-4-7-11(12)17-13/h4,6-7,15H,3,5,8-9H2,1-2H3. The lowest BCUT2D eigenvalue weighted by Crippen LogP contribution is -2.36. The van der Waals surface area contributed by atoms with Crippen LogP contribution in [0.15, 0.2) is 22.6 Å². The third-order valence-electron chi connectivity index (χ3n) is 3.88. The van der Waals surface area contributed by atoms with Gasteiger partial charge in [-0.05, 0) is 44.4 Å². The summed E-state index contributed by atoms with van der Waals surface area (Å²) in [7, 11) is 0. The van der Waals surface area contributed by atoms with Crippen molar-refractivity contribution < 1.29 is 4.42 Å². The predicted molar refractivity (Wildman–Crippen MR) is 68.0 cm³/mol. The molecule has 1 N–H and O–H groups in total. The number of benzene rings is 1. The highest BCUT2D eigenvalue weighted by molar-refractivity contribution is 5.76. The summed E-state index contributed by atoms with van der Waals surface area (Å²) >= 11 is 0. The Morgan fingerprint density at radius 1 is 1.47 bits per heavy atom. The Morgan fingerprint density at radius 3 is 3.00 bits per heavy atom. The van der Waals surface area contributed by atoms with E-state index in [2.05, 4.69) is 25.2 Å². The number of fused-ring (bicyclic) bond motifs is 1. The first-order chi connectivity index (χ1) is 8.25. The van der Waals surface area contributed by atoms with E-state index in [-0.39, 0.29) is 5.54 Å². The minimum atomic E-state index is -0.0363. The normalized spacial score (nSPS) is 24.6. The lowest BCUT2D eigenvalue weighted by atomic mass is 9.94. The molecule has 1 fully saturated rings. The van der Waals surface area contributed by atoms with Crippen molar-refractivity contribution in [3.63, 3.8) is 0 Å². The van der Waals surface area contributed by atoms with Crippen LogP contribution in [0.4, 0.5) is 0 Å². The van der Waals surface area contributed by atoms with Crippen molar-refractivity contribution in [2.24, 2.45) is 0 Å². The molecule has 3 nitrogen and oxygen atoms in total. The molecule has 0 spiro atoms. The van der Waals surface area contributed by atoms with E-state index >= 15 is 0 Å². The number of aromatic nitrogens is 1. The van der Waals surface area contributed by atoms with E-state index in [0.29, 0.717) is 0 Å². The lowest BCUT2D eigenvalue weighted by Gasteiger charge is -2.23. The second-order valence-corrected chi connectivity index (χ2v) is 4.91. The van der Waals surface area contributed by atoms with Gasteiger partial charge in [-0.3, -0.25) is 0 Å². The Balaban J connectivity index is 2.14. The maximum absolute atomic E-state index is 5.95. The zero-order valence-electron chi connectivity index (χ0n) is 10.4. The highest BCUT2D eigenvalue weighted by atomic mass is 16.4. The maximum atomic E-state index is 5.95. The average Bonchev–Trinajstić information content (AvgIpc) is 2.96. The first-order valence-corrected chi connectivity index (χ1v) is 6.37. The van der Waals surface area contributed by atoms with Crippen molar-refractivity contribution in [1.82, 2.24) is 10.3 Å². The zero-order valence-corrected chi connectivity index (χ0v) is 10.4. The van der Waals surface area contributed by atoms with Crippen LogP contribution in [-0.2, 0) is 5.54 Å². The van der Waals surface area contributed by atoms with Crippen molar-refractivity contribution in [2.75, 3.05) is 6.54 Å². The molecule has 17 heavy (non-hydrogen) atoms. The Labute approximate surface area is 101 Å². The summed E-state index contributed by atoms with van der Waals surface area (Å²) in [5.41, 5.74) is 3.05. The van der Waals surface area contributed by atoms with E-state index in [1.807, 2.05) is 12.1 Å². The van der Waals surface area contributed by atoms with Gasteiger partial charge >= 0.3 is 0 Å². The molecule has 3 heteroatoms. The van der Waals surface area contributed by atoms with Crippen molar-refractivity contribution in [1.29, 1.82) is 0 Å². The highest BCUT2D eigenvalue weighted by Gasteiger charge is 2.38. The molecule has 1 atom stereocenters. The van der Waals surface area contributed by atoms with Gasteiger partial charge in [0.1, 0.15) is 5.52 Å². The molecule has 1 aromatic heterocycles. The summed E-state index contributed by atoms with van der Waals surface area (Å²) in [6, 6.07) is 6.10. The predicted octanol–water partition coefficient (Wildman–Crippen LogP) is 3.12. The molecule has 3 rings (SSSR count). The molecule has 0 radical (unpaired) electrons. The number of rotatable bonds is 2. The zero-order chi connectivity index (χ0) is 11.9. The number of hydrogen-bond donors (Lipinski definition) is 1. The Kier molecular flexibility index (Phi) is 2.44. The molecule has 90 valence electrons. The van der Waals surface area contributed by atoms with Gasteiger partial charge in [-0.2, -0.15) is 0 Å². The fourth-order valence-corrected chi connectivity index (χ4v) is 2.73. The Morgan fingerprint density at radius 2 is 2.35 bits per heavy atom. The van der Waals surface area contributed by atoms with Gasteiger partial charge in [-0.25, -0.2) is 4.98 Å². The number of hydrogen-bond acceptors (Lipinski definition) is 3. The van der Waals surface area contributed by atoms with Crippen molar-refractivity contribution in [3.05, 3.63) is 29.7 Å². The average molecular weight is 230 g/mol. The molecule has 0 aliphatic carbocycles. The highest BCUT2D eigenvalue weighted by Crippen LogP contribution is 2.35. The number of aryl methyl sites for hydroxylation is 1. The van der Waals surface area contributed by atoms with Crippen LogP contribution >= 0.6 is 0 Å². The van der Waals surface area contributed by atoms with Crippen LogP contribution in [-0.4, -0.2) is 11.5 Å². The van der Waals surface area contributed by atoms with Gasteiger partial charge < -0.3 is 9.73 Å². The van der Waals surface area contributed by atoms with Crippen molar-refractivity contribution in [3.8, 4) is 0 Å². The number of oxazole rings is 1. The number of nitrogens with zero attached hydrogens (tertiary/aromatic N) is 1. The van der Waals surface area contributed by atoms with Gasteiger partial charge in [-0.15, -0.1) is 0 Å². The third-order valence-corrected chi connectivity index (χ3v) is 3.88. The van der Waals surface area contributed by atoms with E-state index in [4.69, 9.17) is 9.40 Å². The van der Waals surface area contributed by atoms with Gasteiger partial charge in [0.25, 0.3) is 0 Å². The van der Waals surface area contributed by atoms with E-state index in [9.17, 15) is 0 Å². The number of nitrogens with one attached hydrogen (secondary N) is 1. The topological polar surface area (TPSA) is 38.1 Å². The van der Waals surface area contributed by atoms with E-state index < -0.39 is 0 Å². The largest absolute Gasteiger partial charge is 0.439 e. The van der Waals surface area contributed by atoms with Crippen LogP contribution in [0.1, 0.15) is 37.6 Å². The molecular formula is C14H18N2O. The van der Waals surface area contributed by atoms with Crippen LogP contribution < -0.4 is 5.32 Å². The summed E-state index contributed by atoms with van der Waals surface area (Å²) in [6.07, 6.45) is 3.35. The van der Waals surface area contributed by atoms with Gasteiger partial charge in [0.2, 0.25) is 5.89 Å². The van der Waals surface area contributed by atoms with Crippen LogP contribution in [0.3, 0.4) is 0 Å². The van der Waals surface area contributed by atoms with Crippen molar-refractivity contribution >= 4 is 11.1 Å². The van der Waals surface area contributed by atoms with Gasteiger partial charge in [0.05, 0.1) is 5.54 Å². The van der Waals surface area contributed by atoms with Gasteiger partial charge in [-0.1, -0.05) is 19.1 Å². The first-order valence-electron chi connectivity index (χ1n) is 6.37. The minimum Gasteiger partial charge on any atom is -0.439 e. The molecule has 0 bridgehead atoms. The quantitative estimate of drug-likeness (QED) is 0.861. The Bertz CT molecular complexity index is 538. The summed E-state index contributed by atoms with van der Waals surface area (Å²) < 4.78 is 5.95. The fourth-order valence-electron chi connectivity index (χ4n) is 2.73. The van der Waals surface area contributed by atoms with E-state index in [0.717, 1.165) is 36.4 Å². The lowest BCUT2D eigenvalue weighted by molar-refractivity contribution is 0.292. The fraction of sp³-hybridized carbons (Fsp3) is 0.500.